The third kappa shape index (κ3) is 2.05. The summed E-state index contributed by atoms with van der Waals surface area (Å²) >= 11 is 0. The van der Waals surface area contributed by atoms with Crippen LogP contribution in [0.2, 0.25) is 0 Å². The minimum absolute atomic E-state index is 0.0109. The van der Waals surface area contributed by atoms with Gasteiger partial charge >= 0.3 is 0 Å². The second kappa shape index (κ2) is 3.91. The summed E-state index contributed by atoms with van der Waals surface area (Å²) in [6, 6.07) is 4.58. The number of aryl methyl sites for hydroxylation is 1. The summed E-state index contributed by atoms with van der Waals surface area (Å²) in [7, 11) is 0. The Morgan fingerprint density at radius 3 is 2.65 bits per heavy atom. The Labute approximate surface area is 98.8 Å². The van der Waals surface area contributed by atoms with Gasteiger partial charge in [-0.2, -0.15) is 0 Å². The smallest absolute Gasteiger partial charge is 0.256 e. The van der Waals surface area contributed by atoms with Crippen molar-refractivity contribution in [2.24, 2.45) is 0 Å². The van der Waals surface area contributed by atoms with Gasteiger partial charge in [-0.1, -0.05) is 24.8 Å². The number of hydrogen-bond acceptors (Lipinski definition) is 1. The lowest BCUT2D eigenvalue weighted by molar-refractivity contribution is 0.0176. The van der Waals surface area contributed by atoms with Crippen molar-refractivity contribution in [3.05, 3.63) is 47.7 Å². The Morgan fingerprint density at radius 2 is 2.06 bits per heavy atom. The van der Waals surface area contributed by atoms with Gasteiger partial charge in [0.15, 0.2) is 0 Å². The zero-order valence-electron chi connectivity index (χ0n) is 9.80. The summed E-state index contributed by atoms with van der Waals surface area (Å²) in [5.41, 5.74) is 2.51. The fourth-order valence-corrected chi connectivity index (χ4v) is 1.83. The minimum Gasteiger partial charge on any atom is -0.256 e. The topological polar surface area (TPSA) is 12.9 Å². The highest BCUT2D eigenvalue weighted by atomic mass is 19.3. The summed E-state index contributed by atoms with van der Waals surface area (Å²) in [4.78, 5) is 4.18. The molecule has 0 atom stereocenters. The third-order valence-electron chi connectivity index (χ3n) is 2.90. The zero-order valence-corrected chi connectivity index (χ0v) is 9.80. The number of aromatic nitrogens is 1. The van der Waals surface area contributed by atoms with Gasteiger partial charge in [-0.05, 0) is 24.1 Å². The summed E-state index contributed by atoms with van der Waals surface area (Å²) in [5, 5.41) is 0.885. The van der Waals surface area contributed by atoms with Crippen molar-refractivity contribution in [2.45, 2.75) is 19.8 Å². The van der Waals surface area contributed by atoms with Gasteiger partial charge in [0.05, 0.1) is 5.52 Å². The Kier molecular flexibility index (Phi) is 2.69. The lowest BCUT2D eigenvalue weighted by Crippen LogP contribution is -2.06. The van der Waals surface area contributed by atoms with Crippen LogP contribution in [0.5, 0.6) is 0 Å². The van der Waals surface area contributed by atoms with Crippen molar-refractivity contribution < 1.29 is 8.78 Å². The highest BCUT2D eigenvalue weighted by molar-refractivity contribution is 5.85. The van der Waals surface area contributed by atoms with Gasteiger partial charge in [0.1, 0.15) is 0 Å². The molecule has 1 aromatic heterocycles. The molecule has 2 rings (SSSR count). The molecule has 88 valence electrons. The van der Waals surface area contributed by atoms with Crippen LogP contribution >= 0.6 is 0 Å². The highest BCUT2D eigenvalue weighted by Gasteiger charge is 2.24. The number of halogens is 2. The van der Waals surface area contributed by atoms with E-state index in [4.69, 9.17) is 0 Å². The molecule has 2 aromatic rings. The first-order valence-corrected chi connectivity index (χ1v) is 5.33. The lowest BCUT2D eigenvalue weighted by atomic mass is 10.0. The molecule has 0 amide bonds. The van der Waals surface area contributed by atoms with E-state index >= 15 is 0 Å². The first-order valence-electron chi connectivity index (χ1n) is 5.33. The average molecular weight is 233 g/mol. The molecule has 0 N–H and O–H groups in total. The Balaban J connectivity index is 2.70. The fourth-order valence-electron chi connectivity index (χ4n) is 1.83. The third-order valence-corrected chi connectivity index (χ3v) is 2.90. The number of fused-ring (bicyclic) bond motifs is 1. The molecule has 0 radical (unpaired) electrons. The largest absolute Gasteiger partial charge is 0.270 e. The van der Waals surface area contributed by atoms with Crippen LogP contribution in [0.15, 0.2) is 31.0 Å². The van der Waals surface area contributed by atoms with Gasteiger partial charge in [-0.25, -0.2) is 8.78 Å². The van der Waals surface area contributed by atoms with Crippen molar-refractivity contribution in [1.82, 2.24) is 4.98 Å². The van der Waals surface area contributed by atoms with E-state index in [9.17, 15) is 8.78 Å². The van der Waals surface area contributed by atoms with Gasteiger partial charge in [0.2, 0.25) is 0 Å². The quantitative estimate of drug-likeness (QED) is 0.753. The van der Waals surface area contributed by atoms with E-state index in [2.05, 4.69) is 11.6 Å². The van der Waals surface area contributed by atoms with Crippen LogP contribution in [0.4, 0.5) is 8.78 Å². The molecular weight excluding hydrogens is 220 g/mol. The summed E-state index contributed by atoms with van der Waals surface area (Å²) in [5.74, 6) is -2.83. The summed E-state index contributed by atoms with van der Waals surface area (Å²) in [6.45, 7) is 6.52. The predicted octanol–water partition coefficient (Wildman–Crippen LogP) is 4.30. The average Bonchev–Trinajstić information content (AvgIpc) is 2.28. The number of hydrogen-bond donors (Lipinski definition) is 0. The molecule has 1 nitrogen and oxygen atoms in total. The normalized spacial score (nSPS) is 11.8. The highest BCUT2D eigenvalue weighted by Crippen LogP contribution is 2.30. The van der Waals surface area contributed by atoms with Crippen LogP contribution in [-0.4, -0.2) is 4.98 Å². The van der Waals surface area contributed by atoms with Crippen LogP contribution in [0.1, 0.15) is 23.6 Å². The van der Waals surface area contributed by atoms with Crippen LogP contribution < -0.4 is 0 Å². The van der Waals surface area contributed by atoms with Crippen molar-refractivity contribution in [2.75, 3.05) is 0 Å². The molecule has 17 heavy (non-hydrogen) atoms. The van der Waals surface area contributed by atoms with Crippen molar-refractivity contribution >= 4 is 17.0 Å². The molecule has 0 spiro atoms. The molecule has 3 heteroatoms. The molecule has 1 aromatic carbocycles. The monoisotopic (exact) mass is 233 g/mol. The molecule has 0 saturated heterocycles. The summed E-state index contributed by atoms with van der Waals surface area (Å²) < 4.78 is 26.4. The molecule has 0 bridgehead atoms. The number of pyridine rings is 1. The van der Waals surface area contributed by atoms with Gasteiger partial charge in [0, 0.05) is 24.1 Å². The number of benzene rings is 1. The Hall–Kier alpha value is -1.77. The van der Waals surface area contributed by atoms with E-state index in [-0.39, 0.29) is 5.56 Å². The fraction of sp³-hybridized carbons (Fsp3) is 0.214. The van der Waals surface area contributed by atoms with Crippen molar-refractivity contribution in [3.8, 4) is 0 Å². The van der Waals surface area contributed by atoms with Gasteiger partial charge in [0.25, 0.3) is 5.92 Å². The number of rotatable bonds is 2. The van der Waals surface area contributed by atoms with E-state index in [0.717, 1.165) is 23.4 Å². The SMILES string of the molecule is C=Cc1cnc2cc(C(C)(F)F)ccc2c1C. The number of nitrogens with zero attached hydrogens (tertiary/aromatic N) is 1. The van der Waals surface area contributed by atoms with E-state index in [1.165, 1.54) is 12.1 Å². The van der Waals surface area contributed by atoms with Crippen molar-refractivity contribution in [3.63, 3.8) is 0 Å². The number of alkyl halides is 2. The zero-order chi connectivity index (χ0) is 12.6. The second-order valence-corrected chi connectivity index (χ2v) is 4.16. The van der Waals surface area contributed by atoms with Crippen LogP contribution in [0, 0.1) is 6.92 Å². The Morgan fingerprint density at radius 1 is 1.35 bits per heavy atom. The van der Waals surface area contributed by atoms with Gasteiger partial charge < -0.3 is 0 Å². The molecule has 0 aliphatic rings. The minimum atomic E-state index is -2.83. The maximum atomic E-state index is 13.2. The first kappa shape index (κ1) is 11.7. The maximum Gasteiger partial charge on any atom is 0.270 e. The maximum absolute atomic E-state index is 13.2. The van der Waals surface area contributed by atoms with E-state index < -0.39 is 5.92 Å². The van der Waals surface area contributed by atoms with Gasteiger partial charge in [-0.15, -0.1) is 0 Å². The summed E-state index contributed by atoms with van der Waals surface area (Å²) in [6.07, 6.45) is 3.37. The van der Waals surface area contributed by atoms with Crippen LogP contribution in [0.3, 0.4) is 0 Å². The first-order chi connectivity index (χ1) is 7.93. The molecular formula is C14H13F2N. The molecule has 0 aliphatic heterocycles. The standard InChI is InChI=1S/C14H13F2N/c1-4-10-8-17-13-7-11(14(3,15)16)5-6-12(13)9(10)2/h4-8H,1H2,2-3H3. The van der Waals surface area contributed by atoms with E-state index in [1.807, 2.05) is 6.92 Å². The molecule has 0 fully saturated rings. The van der Waals surface area contributed by atoms with Crippen LogP contribution in [0.25, 0.3) is 17.0 Å². The molecule has 0 aliphatic carbocycles. The predicted molar refractivity (Wildman–Crippen MR) is 66.1 cm³/mol. The van der Waals surface area contributed by atoms with E-state index in [0.29, 0.717) is 5.52 Å². The van der Waals surface area contributed by atoms with Gasteiger partial charge in [-0.3, -0.25) is 4.98 Å². The lowest BCUT2D eigenvalue weighted by Gasteiger charge is -2.12. The van der Waals surface area contributed by atoms with Crippen LogP contribution in [-0.2, 0) is 5.92 Å². The molecule has 1 heterocycles. The van der Waals surface area contributed by atoms with E-state index in [1.54, 1.807) is 18.3 Å². The van der Waals surface area contributed by atoms with Crippen molar-refractivity contribution in [1.29, 1.82) is 0 Å². The Bertz CT molecular complexity index is 583. The molecule has 0 saturated carbocycles. The molecule has 0 unspecified atom stereocenters. The second-order valence-electron chi connectivity index (χ2n) is 4.16.